The second-order valence-corrected chi connectivity index (χ2v) is 4.12. The van der Waals surface area contributed by atoms with Gasteiger partial charge in [-0.1, -0.05) is 35.9 Å². The molecule has 2 aromatic carbocycles. The maximum absolute atomic E-state index is 3.47. The summed E-state index contributed by atoms with van der Waals surface area (Å²) in [5.74, 6) is 0. The van der Waals surface area contributed by atoms with Crippen molar-refractivity contribution in [2.24, 2.45) is 0 Å². The Morgan fingerprint density at radius 1 is 0.933 bits per heavy atom. The van der Waals surface area contributed by atoms with E-state index in [2.05, 4.69) is 54.7 Å². The molecule has 1 aliphatic rings. The summed E-state index contributed by atoms with van der Waals surface area (Å²) in [4.78, 5) is 0. The molecule has 0 unspecified atom stereocenters. The molecule has 0 amide bonds. The number of fused-ring (bicyclic) bond motifs is 2. The van der Waals surface area contributed by atoms with Crippen molar-refractivity contribution < 1.29 is 0 Å². The number of hydrogen-bond donors (Lipinski definition) is 1. The molecule has 0 saturated heterocycles. The van der Waals surface area contributed by atoms with Gasteiger partial charge in [-0.05, 0) is 30.2 Å². The molecule has 1 N–H and O–H groups in total. The normalized spacial score (nSPS) is 12.6. The SMILES string of the molecule is Cc1ccc2c(c1)Cc1ccccc1N2. The van der Waals surface area contributed by atoms with Crippen molar-refractivity contribution in [1.82, 2.24) is 0 Å². The highest BCUT2D eigenvalue weighted by Gasteiger charge is 2.13. The van der Waals surface area contributed by atoms with Crippen LogP contribution in [0.5, 0.6) is 0 Å². The van der Waals surface area contributed by atoms with Crippen molar-refractivity contribution in [2.45, 2.75) is 13.3 Å². The first-order valence-electron chi connectivity index (χ1n) is 5.27. The van der Waals surface area contributed by atoms with E-state index < -0.39 is 0 Å². The molecule has 0 saturated carbocycles. The van der Waals surface area contributed by atoms with Crippen LogP contribution in [0, 0.1) is 6.92 Å². The monoisotopic (exact) mass is 195 g/mol. The van der Waals surface area contributed by atoms with E-state index in [1.165, 1.54) is 28.1 Å². The number of hydrogen-bond acceptors (Lipinski definition) is 1. The van der Waals surface area contributed by atoms with E-state index in [1.807, 2.05) is 0 Å². The Morgan fingerprint density at radius 2 is 1.73 bits per heavy atom. The molecular formula is C14H13N. The Morgan fingerprint density at radius 3 is 2.67 bits per heavy atom. The average molecular weight is 195 g/mol. The fourth-order valence-electron chi connectivity index (χ4n) is 2.14. The summed E-state index contributed by atoms with van der Waals surface area (Å²) in [6.07, 6.45) is 1.04. The van der Waals surface area contributed by atoms with Crippen molar-refractivity contribution in [3.63, 3.8) is 0 Å². The maximum Gasteiger partial charge on any atom is 0.0420 e. The summed E-state index contributed by atoms with van der Waals surface area (Å²) in [5, 5.41) is 3.47. The topological polar surface area (TPSA) is 12.0 Å². The molecular weight excluding hydrogens is 182 g/mol. The second-order valence-electron chi connectivity index (χ2n) is 4.12. The van der Waals surface area contributed by atoms with Crippen LogP contribution < -0.4 is 5.32 Å². The molecule has 0 radical (unpaired) electrons. The van der Waals surface area contributed by atoms with Gasteiger partial charge in [-0.2, -0.15) is 0 Å². The minimum atomic E-state index is 1.04. The number of anilines is 2. The van der Waals surface area contributed by atoms with Gasteiger partial charge in [0.2, 0.25) is 0 Å². The fraction of sp³-hybridized carbons (Fsp3) is 0.143. The van der Waals surface area contributed by atoms with Gasteiger partial charge in [-0.25, -0.2) is 0 Å². The highest BCUT2D eigenvalue weighted by Crippen LogP contribution is 2.32. The van der Waals surface area contributed by atoms with Gasteiger partial charge in [-0.3, -0.25) is 0 Å². The first-order valence-corrected chi connectivity index (χ1v) is 5.27. The zero-order chi connectivity index (χ0) is 10.3. The lowest BCUT2D eigenvalue weighted by Gasteiger charge is -2.21. The smallest absolute Gasteiger partial charge is 0.0420 e. The minimum Gasteiger partial charge on any atom is -0.355 e. The van der Waals surface area contributed by atoms with E-state index in [1.54, 1.807) is 0 Å². The predicted molar refractivity (Wildman–Crippen MR) is 63.7 cm³/mol. The highest BCUT2D eigenvalue weighted by molar-refractivity contribution is 5.71. The van der Waals surface area contributed by atoms with Crippen molar-refractivity contribution >= 4 is 11.4 Å². The Balaban J connectivity index is 2.11. The zero-order valence-electron chi connectivity index (χ0n) is 8.75. The zero-order valence-corrected chi connectivity index (χ0v) is 8.75. The van der Waals surface area contributed by atoms with E-state index in [0.717, 1.165) is 6.42 Å². The van der Waals surface area contributed by atoms with Gasteiger partial charge in [0.05, 0.1) is 0 Å². The van der Waals surface area contributed by atoms with Crippen LogP contribution in [-0.4, -0.2) is 0 Å². The highest BCUT2D eigenvalue weighted by atomic mass is 14.9. The number of rotatable bonds is 0. The van der Waals surface area contributed by atoms with Crippen LogP contribution >= 0.6 is 0 Å². The van der Waals surface area contributed by atoms with Gasteiger partial charge >= 0.3 is 0 Å². The molecule has 0 atom stereocenters. The Hall–Kier alpha value is -1.76. The molecule has 2 aromatic rings. The molecule has 3 rings (SSSR count). The summed E-state index contributed by atoms with van der Waals surface area (Å²) >= 11 is 0. The third-order valence-corrected chi connectivity index (χ3v) is 2.93. The number of aryl methyl sites for hydroxylation is 1. The maximum atomic E-state index is 3.47. The van der Waals surface area contributed by atoms with Crippen LogP contribution in [-0.2, 0) is 6.42 Å². The largest absolute Gasteiger partial charge is 0.355 e. The fourth-order valence-corrected chi connectivity index (χ4v) is 2.14. The quantitative estimate of drug-likeness (QED) is 0.577. The molecule has 1 heterocycles. The lowest BCUT2D eigenvalue weighted by atomic mass is 9.96. The van der Waals surface area contributed by atoms with E-state index in [4.69, 9.17) is 0 Å². The van der Waals surface area contributed by atoms with E-state index >= 15 is 0 Å². The minimum absolute atomic E-state index is 1.04. The molecule has 0 spiro atoms. The number of para-hydroxylation sites is 1. The molecule has 1 nitrogen and oxygen atoms in total. The van der Waals surface area contributed by atoms with Gasteiger partial charge < -0.3 is 5.32 Å². The molecule has 1 heteroatoms. The van der Waals surface area contributed by atoms with Gasteiger partial charge in [-0.15, -0.1) is 0 Å². The van der Waals surface area contributed by atoms with Crippen LogP contribution in [0.15, 0.2) is 42.5 Å². The first-order chi connectivity index (χ1) is 7.33. The molecule has 1 aliphatic heterocycles. The van der Waals surface area contributed by atoms with Gasteiger partial charge in [0.25, 0.3) is 0 Å². The molecule has 0 bridgehead atoms. The van der Waals surface area contributed by atoms with Crippen LogP contribution in [0.1, 0.15) is 16.7 Å². The van der Waals surface area contributed by atoms with Crippen LogP contribution in [0.25, 0.3) is 0 Å². The molecule has 15 heavy (non-hydrogen) atoms. The van der Waals surface area contributed by atoms with Gasteiger partial charge in [0.1, 0.15) is 0 Å². The molecule has 0 aliphatic carbocycles. The molecule has 74 valence electrons. The van der Waals surface area contributed by atoms with Crippen molar-refractivity contribution in [2.75, 3.05) is 5.32 Å². The van der Waals surface area contributed by atoms with Crippen LogP contribution in [0.3, 0.4) is 0 Å². The first kappa shape index (κ1) is 8.54. The Bertz CT molecular complexity index is 514. The van der Waals surface area contributed by atoms with E-state index in [9.17, 15) is 0 Å². The summed E-state index contributed by atoms with van der Waals surface area (Å²) in [7, 11) is 0. The third-order valence-electron chi connectivity index (χ3n) is 2.93. The lowest BCUT2D eigenvalue weighted by molar-refractivity contribution is 1.15. The second kappa shape index (κ2) is 3.13. The van der Waals surface area contributed by atoms with Crippen LogP contribution in [0.2, 0.25) is 0 Å². The summed E-state index contributed by atoms with van der Waals surface area (Å²) < 4.78 is 0. The van der Waals surface area contributed by atoms with Crippen molar-refractivity contribution in [3.05, 3.63) is 59.2 Å². The van der Waals surface area contributed by atoms with E-state index in [-0.39, 0.29) is 0 Å². The Kier molecular flexibility index (Phi) is 1.78. The van der Waals surface area contributed by atoms with Crippen molar-refractivity contribution in [1.29, 1.82) is 0 Å². The van der Waals surface area contributed by atoms with Gasteiger partial charge in [0, 0.05) is 17.8 Å². The molecule has 0 fully saturated rings. The standard InChI is InChI=1S/C14H13N/c1-10-6-7-14-12(8-10)9-11-4-2-3-5-13(11)15-14/h2-8,15H,9H2,1H3. The van der Waals surface area contributed by atoms with Gasteiger partial charge in [0.15, 0.2) is 0 Å². The Labute approximate surface area is 89.8 Å². The molecule has 0 aromatic heterocycles. The van der Waals surface area contributed by atoms with Crippen molar-refractivity contribution in [3.8, 4) is 0 Å². The third kappa shape index (κ3) is 1.40. The van der Waals surface area contributed by atoms with E-state index in [0.29, 0.717) is 0 Å². The number of nitrogens with one attached hydrogen (secondary N) is 1. The summed E-state index contributed by atoms with van der Waals surface area (Å²) in [6, 6.07) is 15.1. The predicted octanol–water partition coefficient (Wildman–Crippen LogP) is 3.64. The average Bonchev–Trinajstić information content (AvgIpc) is 2.26. The number of benzene rings is 2. The van der Waals surface area contributed by atoms with Crippen LogP contribution in [0.4, 0.5) is 11.4 Å². The summed E-state index contributed by atoms with van der Waals surface area (Å²) in [6.45, 7) is 2.14. The lowest BCUT2D eigenvalue weighted by Crippen LogP contribution is -2.06. The summed E-state index contributed by atoms with van der Waals surface area (Å²) in [5.41, 5.74) is 6.60.